The molecule has 0 aromatic heterocycles. The quantitative estimate of drug-likeness (QED) is 0.390. The lowest BCUT2D eigenvalue weighted by Gasteiger charge is -2.36. The van der Waals surface area contributed by atoms with Gasteiger partial charge in [-0.2, -0.15) is 0 Å². The fraction of sp³-hybridized carbons (Fsp3) is 0.393. The minimum Gasteiger partial charge on any atom is -0.444 e. The molecule has 202 valence electrons. The zero-order valence-corrected chi connectivity index (χ0v) is 23.4. The second-order valence-electron chi connectivity index (χ2n) is 10.4. The normalized spacial score (nSPS) is 19.0. The van der Waals surface area contributed by atoms with Crippen LogP contribution in [-0.2, 0) is 22.6 Å². The number of nitrogens with one attached hydrogen (secondary N) is 3. The second kappa shape index (κ2) is 12.2. The number of benzene rings is 2. The van der Waals surface area contributed by atoms with E-state index in [0.29, 0.717) is 16.5 Å². The number of carbonyl (C=O) groups excluding carboxylic acids is 3. The molecule has 2 saturated heterocycles. The van der Waals surface area contributed by atoms with Gasteiger partial charge in [0.05, 0.1) is 15.6 Å². The molecule has 1 atom stereocenters. The molecule has 2 heterocycles. The van der Waals surface area contributed by atoms with Crippen molar-refractivity contribution in [3.63, 3.8) is 0 Å². The fourth-order valence-corrected chi connectivity index (χ4v) is 5.39. The number of hydrogen-bond acceptors (Lipinski definition) is 7. The van der Waals surface area contributed by atoms with Gasteiger partial charge < -0.3 is 20.3 Å². The number of alkyl carbamates (subject to hydrolysis) is 1. The first-order valence-corrected chi connectivity index (χ1v) is 13.8. The average molecular weight is 557 g/mol. The van der Waals surface area contributed by atoms with Crippen LogP contribution in [0.1, 0.15) is 50.3 Å². The van der Waals surface area contributed by atoms with Crippen molar-refractivity contribution in [2.24, 2.45) is 0 Å². The zero-order valence-electron chi connectivity index (χ0n) is 21.8. The maximum absolute atomic E-state index is 12.1. The Balaban J connectivity index is 1.34. The highest BCUT2D eigenvalue weighted by Gasteiger charge is 2.27. The summed E-state index contributed by atoms with van der Waals surface area (Å²) in [6.07, 6.45) is 3.36. The van der Waals surface area contributed by atoms with Crippen LogP contribution in [0.4, 0.5) is 15.3 Å². The predicted molar refractivity (Wildman–Crippen MR) is 152 cm³/mol. The molecule has 0 aliphatic carbocycles. The second-order valence-corrected chi connectivity index (χ2v) is 11.8. The van der Waals surface area contributed by atoms with Crippen molar-refractivity contribution in [1.29, 1.82) is 0 Å². The van der Waals surface area contributed by atoms with Crippen molar-refractivity contribution in [1.82, 2.24) is 16.0 Å². The van der Waals surface area contributed by atoms with Crippen LogP contribution in [-0.4, -0.2) is 42.0 Å². The molecule has 0 saturated carbocycles. The van der Waals surface area contributed by atoms with Gasteiger partial charge in [-0.25, -0.2) is 4.79 Å². The summed E-state index contributed by atoms with van der Waals surface area (Å²) in [6, 6.07) is 14.0. The van der Waals surface area contributed by atoms with Crippen LogP contribution >= 0.6 is 23.4 Å². The summed E-state index contributed by atoms with van der Waals surface area (Å²) in [5, 5.41) is 8.99. The summed E-state index contributed by atoms with van der Waals surface area (Å²) in [7, 11) is 0. The molecule has 2 fully saturated rings. The number of piperidine rings is 1. The van der Waals surface area contributed by atoms with Crippen LogP contribution in [0.15, 0.2) is 47.4 Å². The van der Waals surface area contributed by atoms with Gasteiger partial charge in [0.15, 0.2) is 0 Å². The number of hydrogen-bond donors (Lipinski definition) is 3. The van der Waals surface area contributed by atoms with Crippen LogP contribution < -0.4 is 20.9 Å². The Bertz CT molecular complexity index is 1230. The predicted octanol–water partition coefficient (Wildman–Crippen LogP) is 5.45. The number of rotatable bonds is 7. The van der Waals surface area contributed by atoms with Gasteiger partial charge in [0.2, 0.25) is 0 Å². The topological polar surface area (TPSA) is 99.8 Å². The molecule has 10 heteroatoms. The number of amides is 3. The Morgan fingerprint density at radius 2 is 1.87 bits per heavy atom. The maximum atomic E-state index is 12.1. The van der Waals surface area contributed by atoms with Crippen molar-refractivity contribution < 1.29 is 19.1 Å². The standard InChI is InChI=1S/C28H33ClN4O4S/c1-28(2,3)37-26(35)31-16-19-11-9-18(10-12-19)15-30-21-7-5-13-33(17-21)24-20(6-4-8-22(24)29)14-23-25(34)32-27(36)38-23/h4,6,8-12,14,21,30H,5,7,13,15-17H2,1-3H3,(H,31,35)(H,32,34,36)/t21-/m1/s1. The highest BCUT2D eigenvalue weighted by molar-refractivity contribution is 8.18. The Morgan fingerprint density at radius 3 is 2.53 bits per heavy atom. The molecule has 4 rings (SSSR count). The van der Waals surface area contributed by atoms with Crippen molar-refractivity contribution >= 4 is 52.4 Å². The molecule has 2 aromatic rings. The van der Waals surface area contributed by atoms with Crippen molar-refractivity contribution in [3.05, 3.63) is 69.1 Å². The largest absolute Gasteiger partial charge is 0.444 e. The molecule has 2 aliphatic heterocycles. The summed E-state index contributed by atoms with van der Waals surface area (Å²) in [5.74, 6) is -0.379. The summed E-state index contributed by atoms with van der Waals surface area (Å²) in [5.41, 5.74) is 3.33. The Labute approximate surface area is 232 Å². The van der Waals surface area contributed by atoms with Crippen molar-refractivity contribution in [2.45, 2.75) is 58.3 Å². The Morgan fingerprint density at radius 1 is 1.16 bits per heavy atom. The average Bonchev–Trinajstić information content (AvgIpc) is 3.17. The zero-order chi connectivity index (χ0) is 27.3. The Kier molecular flexibility index (Phi) is 9.02. The van der Waals surface area contributed by atoms with Crippen LogP contribution in [0.25, 0.3) is 6.08 Å². The lowest BCUT2D eigenvalue weighted by molar-refractivity contribution is -0.115. The summed E-state index contributed by atoms with van der Waals surface area (Å²) < 4.78 is 5.28. The van der Waals surface area contributed by atoms with Gasteiger partial charge in [0.25, 0.3) is 11.1 Å². The summed E-state index contributed by atoms with van der Waals surface area (Å²) in [6.45, 7) is 8.27. The lowest BCUT2D eigenvalue weighted by Crippen LogP contribution is -2.45. The molecule has 8 nitrogen and oxygen atoms in total. The van der Waals surface area contributed by atoms with Gasteiger partial charge in [-0.15, -0.1) is 0 Å². The van der Waals surface area contributed by atoms with E-state index in [4.69, 9.17) is 16.3 Å². The molecule has 0 radical (unpaired) electrons. The third-order valence-electron chi connectivity index (χ3n) is 6.14. The molecular formula is C28H33ClN4O4S. The fourth-order valence-electron chi connectivity index (χ4n) is 4.42. The van der Waals surface area contributed by atoms with Gasteiger partial charge >= 0.3 is 6.09 Å². The van der Waals surface area contributed by atoms with Gasteiger partial charge in [0.1, 0.15) is 5.60 Å². The van der Waals surface area contributed by atoms with Crippen LogP contribution in [0.3, 0.4) is 0 Å². The molecule has 0 bridgehead atoms. The van der Waals surface area contributed by atoms with Crippen molar-refractivity contribution in [2.75, 3.05) is 18.0 Å². The van der Waals surface area contributed by atoms with E-state index in [0.717, 1.165) is 66.6 Å². The minimum atomic E-state index is -0.523. The number of carbonyl (C=O) groups is 3. The number of nitrogens with zero attached hydrogens (tertiary/aromatic N) is 1. The summed E-state index contributed by atoms with van der Waals surface area (Å²) in [4.78, 5) is 38.1. The first kappa shape index (κ1) is 28.0. The monoisotopic (exact) mass is 556 g/mol. The van der Waals surface area contributed by atoms with E-state index >= 15 is 0 Å². The molecule has 2 aliphatic rings. The van der Waals surface area contributed by atoms with Gasteiger partial charge in [-0.3, -0.25) is 14.9 Å². The molecule has 3 N–H and O–H groups in total. The molecule has 0 unspecified atom stereocenters. The number of halogens is 1. The number of anilines is 1. The van der Waals surface area contributed by atoms with E-state index < -0.39 is 11.7 Å². The SMILES string of the molecule is CC(C)(C)OC(=O)NCc1ccc(CN[C@@H]2CCCN(c3c(Cl)cccc3C=C3SC(=O)NC3=O)C2)cc1. The van der Waals surface area contributed by atoms with Crippen LogP contribution in [0, 0.1) is 0 Å². The van der Waals surface area contributed by atoms with E-state index in [9.17, 15) is 14.4 Å². The highest BCUT2D eigenvalue weighted by atomic mass is 35.5. The first-order valence-electron chi connectivity index (χ1n) is 12.6. The molecular weight excluding hydrogens is 524 g/mol. The van der Waals surface area contributed by atoms with E-state index in [1.807, 2.05) is 51.1 Å². The number of para-hydroxylation sites is 1. The number of thioether (sulfide) groups is 1. The third kappa shape index (κ3) is 7.75. The molecule has 3 amide bonds. The van der Waals surface area contributed by atoms with Crippen LogP contribution in [0.5, 0.6) is 0 Å². The van der Waals surface area contributed by atoms with Gasteiger partial charge in [0, 0.05) is 37.8 Å². The molecule has 0 spiro atoms. The van der Waals surface area contributed by atoms with E-state index in [1.165, 1.54) is 0 Å². The van der Waals surface area contributed by atoms with Gasteiger partial charge in [-0.1, -0.05) is 48.0 Å². The van der Waals surface area contributed by atoms with E-state index in [2.05, 4.69) is 33.0 Å². The number of imide groups is 1. The molecule has 38 heavy (non-hydrogen) atoms. The minimum absolute atomic E-state index is 0.264. The van der Waals surface area contributed by atoms with E-state index in [-0.39, 0.29) is 17.2 Å². The van der Waals surface area contributed by atoms with Gasteiger partial charge in [-0.05, 0) is 68.6 Å². The smallest absolute Gasteiger partial charge is 0.407 e. The third-order valence-corrected chi connectivity index (χ3v) is 7.25. The van der Waals surface area contributed by atoms with Crippen LogP contribution in [0.2, 0.25) is 5.02 Å². The first-order chi connectivity index (χ1) is 18.1. The van der Waals surface area contributed by atoms with E-state index in [1.54, 1.807) is 6.08 Å². The highest BCUT2D eigenvalue weighted by Crippen LogP contribution is 2.35. The van der Waals surface area contributed by atoms with Crippen molar-refractivity contribution in [3.8, 4) is 0 Å². The lowest BCUT2D eigenvalue weighted by atomic mass is 10.0. The Hall–Kier alpha value is -3.01. The number of ether oxygens (including phenoxy) is 1. The maximum Gasteiger partial charge on any atom is 0.407 e. The molecule has 2 aromatic carbocycles. The summed E-state index contributed by atoms with van der Waals surface area (Å²) >= 11 is 7.53.